The molecule has 1 atom stereocenters. The second kappa shape index (κ2) is 4.30. The van der Waals surface area contributed by atoms with Gasteiger partial charge in [0.05, 0.1) is 11.6 Å². The van der Waals surface area contributed by atoms with Gasteiger partial charge in [0.1, 0.15) is 5.69 Å². The number of hydrogen-bond acceptors (Lipinski definition) is 3. The van der Waals surface area contributed by atoms with Gasteiger partial charge in [0.25, 0.3) is 0 Å². The predicted octanol–water partition coefficient (Wildman–Crippen LogP) is 2.29. The van der Waals surface area contributed by atoms with Crippen LogP contribution < -0.4 is 0 Å². The Morgan fingerprint density at radius 1 is 1.30 bits per heavy atom. The van der Waals surface area contributed by atoms with Gasteiger partial charge in [-0.25, -0.2) is 4.52 Å². The number of carbonyl (C=O) groups is 1. The van der Waals surface area contributed by atoms with Gasteiger partial charge in [0, 0.05) is 19.7 Å². The average Bonchev–Trinajstić information content (AvgIpc) is 3.02. The van der Waals surface area contributed by atoms with Crippen molar-refractivity contribution in [3.8, 4) is 0 Å². The highest BCUT2D eigenvalue weighted by Gasteiger charge is 2.31. The Morgan fingerprint density at radius 2 is 2.15 bits per heavy atom. The molecule has 4 rings (SSSR count). The number of carbonyl (C=O) groups excluding carboxylic acids is 1. The zero-order chi connectivity index (χ0) is 13.7. The van der Waals surface area contributed by atoms with E-state index in [9.17, 15) is 4.79 Å². The molecule has 0 aromatic carbocycles. The van der Waals surface area contributed by atoms with E-state index in [1.807, 2.05) is 9.42 Å². The maximum atomic E-state index is 11.7. The quantitative estimate of drug-likeness (QED) is 0.841. The molecule has 5 nitrogen and oxygen atoms in total. The fourth-order valence-corrected chi connectivity index (χ4v) is 3.25. The van der Waals surface area contributed by atoms with Crippen LogP contribution in [-0.4, -0.2) is 32.2 Å². The summed E-state index contributed by atoms with van der Waals surface area (Å²) in [5.41, 5.74) is 3.33. The summed E-state index contributed by atoms with van der Waals surface area (Å²) < 4.78 is 1.87. The lowest BCUT2D eigenvalue weighted by Gasteiger charge is -2.21. The van der Waals surface area contributed by atoms with E-state index in [4.69, 9.17) is 0 Å². The molecular weight excluding hydrogens is 252 g/mol. The summed E-state index contributed by atoms with van der Waals surface area (Å²) in [5.74, 6) is 0.843. The largest absolute Gasteiger partial charge is 0.334 e. The lowest BCUT2D eigenvalue weighted by atomic mass is 10.1. The maximum absolute atomic E-state index is 11.7. The SMILES string of the molecule is CC(=O)N1CCCC1c1nnn2cc(C3CC3)ccc12. The minimum absolute atomic E-state index is 0.0942. The number of nitrogens with zero attached hydrogens (tertiary/aromatic N) is 4. The van der Waals surface area contributed by atoms with Gasteiger partial charge < -0.3 is 4.90 Å². The van der Waals surface area contributed by atoms with Crippen molar-refractivity contribution < 1.29 is 4.79 Å². The van der Waals surface area contributed by atoms with Gasteiger partial charge >= 0.3 is 0 Å². The summed E-state index contributed by atoms with van der Waals surface area (Å²) in [6.45, 7) is 2.47. The number of aromatic nitrogens is 3. The highest BCUT2D eigenvalue weighted by Crippen LogP contribution is 2.40. The maximum Gasteiger partial charge on any atom is 0.220 e. The summed E-state index contributed by atoms with van der Waals surface area (Å²) >= 11 is 0. The third-order valence-electron chi connectivity index (χ3n) is 4.48. The summed E-state index contributed by atoms with van der Waals surface area (Å²) in [4.78, 5) is 13.6. The Hall–Kier alpha value is -1.91. The number of pyridine rings is 1. The highest BCUT2D eigenvalue weighted by atomic mass is 16.2. The van der Waals surface area contributed by atoms with Crippen LogP contribution in [0.15, 0.2) is 18.3 Å². The summed E-state index contributed by atoms with van der Waals surface area (Å²) in [7, 11) is 0. The summed E-state index contributed by atoms with van der Waals surface area (Å²) in [6.07, 6.45) is 6.69. The van der Waals surface area contributed by atoms with E-state index < -0.39 is 0 Å². The summed E-state index contributed by atoms with van der Waals surface area (Å²) in [6, 6.07) is 4.39. The Kier molecular flexibility index (Phi) is 2.55. The Labute approximate surface area is 117 Å². The van der Waals surface area contributed by atoms with Crippen LogP contribution in [0.4, 0.5) is 0 Å². The standard InChI is InChI=1S/C15H18N4O/c1-10(20)18-8-2-3-13(18)15-14-7-6-12(11-4-5-11)9-19(14)17-16-15/h6-7,9,11,13H,2-5,8H2,1H3. The molecule has 2 aromatic rings. The van der Waals surface area contributed by atoms with E-state index >= 15 is 0 Å². The first-order valence-corrected chi connectivity index (χ1v) is 7.36. The molecule has 2 aliphatic rings. The lowest BCUT2D eigenvalue weighted by molar-refractivity contribution is -0.129. The van der Waals surface area contributed by atoms with Gasteiger partial charge in [0.15, 0.2) is 0 Å². The molecule has 0 spiro atoms. The van der Waals surface area contributed by atoms with Gasteiger partial charge in [-0.3, -0.25) is 4.79 Å². The first-order valence-electron chi connectivity index (χ1n) is 7.36. The van der Waals surface area contributed by atoms with Crippen molar-refractivity contribution in [1.82, 2.24) is 19.7 Å². The molecular formula is C15H18N4O. The Morgan fingerprint density at radius 3 is 2.90 bits per heavy atom. The van der Waals surface area contributed by atoms with E-state index in [0.29, 0.717) is 5.92 Å². The molecule has 20 heavy (non-hydrogen) atoms. The van der Waals surface area contributed by atoms with Crippen molar-refractivity contribution in [1.29, 1.82) is 0 Å². The van der Waals surface area contributed by atoms with Gasteiger partial charge in [0.2, 0.25) is 5.91 Å². The number of likely N-dealkylation sites (tertiary alicyclic amines) is 1. The van der Waals surface area contributed by atoms with Crippen LogP contribution in [0.2, 0.25) is 0 Å². The number of rotatable bonds is 2. The predicted molar refractivity (Wildman–Crippen MR) is 74.3 cm³/mol. The molecule has 104 valence electrons. The molecule has 1 saturated heterocycles. The van der Waals surface area contributed by atoms with Gasteiger partial charge in [-0.1, -0.05) is 11.3 Å². The van der Waals surface area contributed by atoms with Gasteiger partial charge in [-0.15, -0.1) is 5.10 Å². The minimum Gasteiger partial charge on any atom is -0.334 e. The van der Waals surface area contributed by atoms with E-state index in [-0.39, 0.29) is 11.9 Å². The van der Waals surface area contributed by atoms with Crippen molar-refractivity contribution in [3.63, 3.8) is 0 Å². The molecule has 2 aromatic heterocycles. The van der Waals surface area contributed by atoms with E-state index in [0.717, 1.165) is 30.6 Å². The third-order valence-corrected chi connectivity index (χ3v) is 4.48. The van der Waals surface area contributed by atoms with E-state index in [2.05, 4.69) is 28.6 Å². The van der Waals surface area contributed by atoms with Crippen molar-refractivity contribution in [2.24, 2.45) is 0 Å². The van der Waals surface area contributed by atoms with Crippen molar-refractivity contribution in [2.75, 3.05) is 6.54 Å². The number of fused-ring (bicyclic) bond motifs is 1. The van der Waals surface area contributed by atoms with Crippen LogP contribution in [0.25, 0.3) is 5.52 Å². The molecule has 0 bridgehead atoms. The van der Waals surface area contributed by atoms with Crippen LogP contribution in [0, 0.1) is 0 Å². The molecule has 1 aliphatic carbocycles. The normalized spacial score (nSPS) is 22.6. The van der Waals surface area contributed by atoms with Crippen molar-refractivity contribution in [3.05, 3.63) is 29.6 Å². The van der Waals surface area contributed by atoms with E-state index in [1.54, 1.807) is 6.92 Å². The minimum atomic E-state index is 0.0942. The first kappa shape index (κ1) is 11.9. The smallest absolute Gasteiger partial charge is 0.220 e. The topological polar surface area (TPSA) is 50.5 Å². The molecule has 1 saturated carbocycles. The monoisotopic (exact) mass is 270 g/mol. The van der Waals surface area contributed by atoms with E-state index in [1.165, 1.54) is 18.4 Å². The zero-order valence-electron chi connectivity index (χ0n) is 11.6. The second-order valence-corrected chi connectivity index (χ2v) is 5.91. The summed E-state index contributed by atoms with van der Waals surface area (Å²) in [5, 5.41) is 8.61. The fraction of sp³-hybridized carbons (Fsp3) is 0.533. The van der Waals surface area contributed by atoms with Crippen molar-refractivity contribution >= 4 is 11.4 Å². The molecule has 1 unspecified atom stereocenters. The van der Waals surface area contributed by atoms with Crippen LogP contribution >= 0.6 is 0 Å². The second-order valence-electron chi connectivity index (χ2n) is 5.91. The molecule has 0 N–H and O–H groups in total. The number of hydrogen-bond donors (Lipinski definition) is 0. The third kappa shape index (κ3) is 1.80. The van der Waals surface area contributed by atoms with Gasteiger partial charge in [-0.05, 0) is 43.2 Å². The molecule has 2 fully saturated rings. The Bertz CT molecular complexity index is 674. The molecule has 1 amide bonds. The van der Waals surface area contributed by atoms with Crippen LogP contribution in [0.1, 0.15) is 55.8 Å². The lowest BCUT2D eigenvalue weighted by Crippen LogP contribution is -2.28. The van der Waals surface area contributed by atoms with Crippen LogP contribution in [0.3, 0.4) is 0 Å². The molecule has 3 heterocycles. The number of amides is 1. The molecule has 5 heteroatoms. The van der Waals surface area contributed by atoms with Crippen LogP contribution in [0.5, 0.6) is 0 Å². The van der Waals surface area contributed by atoms with Gasteiger partial charge in [-0.2, -0.15) is 0 Å². The van der Waals surface area contributed by atoms with Crippen LogP contribution in [-0.2, 0) is 4.79 Å². The zero-order valence-corrected chi connectivity index (χ0v) is 11.6. The fourth-order valence-electron chi connectivity index (χ4n) is 3.25. The first-order chi connectivity index (χ1) is 9.74. The molecule has 0 radical (unpaired) electrons. The molecule has 1 aliphatic heterocycles. The van der Waals surface area contributed by atoms with Crippen molar-refractivity contribution in [2.45, 2.75) is 44.6 Å². The average molecular weight is 270 g/mol. The highest BCUT2D eigenvalue weighted by molar-refractivity contribution is 5.74. The Balaban J connectivity index is 1.74.